The average molecular weight is 204 g/mol. The molecule has 1 unspecified atom stereocenters. The fraction of sp³-hybridized carbons (Fsp3) is 0.538. The second kappa shape index (κ2) is 3.86. The molecule has 0 amide bonds. The van der Waals surface area contributed by atoms with Gasteiger partial charge in [0.2, 0.25) is 0 Å². The zero-order chi connectivity index (χ0) is 10.1. The van der Waals surface area contributed by atoms with E-state index in [1.54, 1.807) is 0 Å². The van der Waals surface area contributed by atoms with E-state index in [0.29, 0.717) is 12.7 Å². The van der Waals surface area contributed by atoms with Crippen molar-refractivity contribution in [2.45, 2.75) is 31.3 Å². The predicted molar refractivity (Wildman–Crippen MR) is 58.3 cm³/mol. The molecule has 0 aromatic heterocycles. The maximum atomic E-state index is 5.59. The Morgan fingerprint density at radius 3 is 2.47 bits per heavy atom. The Hall–Kier alpha value is -1.02. The molecule has 80 valence electrons. The summed E-state index contributed by atoms with van der Waals surface area (Å²) < 4.78 is 10.7. The molecule has 1 saturated carbocycles. The Bertz CT molecular complexity index is 323. The molecule has 1 atom stereocenters. The van der Waals surface area contributed by atoms with Gasteiger partial charge in [-0.3, -0.25) is 0 Å². The van der Waals surface area contributed by atoms with Crippen LogP contribution >= 0.6 is 0 Å². The fourth-order valence-corrected chi connectivity index (χ4v) is 1.93. The zero-order valence-corrected chi connectivity index (χ0v) is 8.82. The molecular weight excluding hydrogens is 188 g/mol. The van der Waals surface area contributed by atoms with Crippen LogP contribution < -0.4 is 4.74 Å². The van der Waals surface area contributed by atoms with Crippen LogP contribution in [0.15, 0.2) is 24.3 Å². The van der Waals surface area contributed by atoms with Gasteiger partial charge in [-0.1, -0.05) is 18.6 Å². The van der Waals surface area contributed by atoms with E-state index in [4.69, 9.17) is 9.47 Å². The zero-order valence-electron chi connectivity index (χ0n) is 8.82. The van der Waals surface area contributed by atoms with Crippen molar-refractivity contribution in [3.63, 3.8) is 0 Å². The summed E-state index contributed by atoms with van der Waals surface area (Å²) in [7, 11) is 0. The first kappa shape index (κ1) is 9.22. The van der Waals surface area contributed by atoms with Gasteiger partial charge in [0, 0.05) is 0 Å². The molecule has 0 radical (unpaired) electrons. The number of benzene rings is 1. The first-order chi connectivity index (χ1) is 7.42. The molecule has 1 aliphatic heterocycles. The van der Waals surface area contributed by atoms with Gasteiger partial charge >= 0.3 is 0 Å². The quantitative estimate of drug-likeness (QED) is 0.703. The molecule has 1 heterocycles. The molecule has 0 bridgehead atoms. The Morgan fingerprint density at radius 1 is 1.20 bits per heavy atom. The number of rotatable bonds is 4. The monoisotopic (exact) mass is 204 g/mol. The Labute approximate surface area is 90.2 Å². The first-order valence-electron chi connectivity index (χ1n) is 5.76. The lowest BCUT2D eigenvalue weighted by molar-refractivity contribution is 0.263. The average Bonchev–Trinajstić information content (AvgIpc) is 2.98. The number of hydrogen-bond acceptors (Lipinski definition) is 2. The number of ether oxygens (including phenoxy) is 2. The Kier molecular flexibility index (Phi) is 2.37. The van der Waals surface area contributed by atoms with E-state index in [-0.39, 0.29) is 0 Å². The third-order valence-corrected chi connectivity index (χ3v) is 3.29. The summed E-state index contributed by atoms with van der Waals surface area (Å²) in [5, 5.41) is 0. The summed E-state index contributed by atoms with van der Waals surface area (Å²) in [6, 6.07) is 8.56. The summed E-state index contributed by atoms with van der Waals surface area (Å²) in [6.07, 6.45) is 4.45. The van der Waals surface area contributed by atoms with E-state index < -0.39 is 0 Å². The van der Waals surface area contributed by atoms with E-state index >= 15 is 0 Å². The number of epoxide rings is 1. The van der Waals surface area contributed by atoms with Crippen LogP contribution in [0.1, 0.15) is 30.7 Å². The van der Waals surface area contributed by atoms with E-state index in [9.17, 15) is 0 Å². The molecule has 2 aliphatic rings. The van der Waals surface area contributed by atoms with Crippen LogP contribution in [0.4, 0.5) is 0 Å². The van der Waals surface area contributed by atoms with Gasteiger partial charge in [0.15, 0.2) is 0 Å². The van der Waals surface area contributed by atoms with Gasteiger partial charge in [0.1, 0.15) is 18.5 Å². The number of hydrogen-bond donors (Lipinski definition) is 0. The standard InChI is InChI=1S/C13H16O2/c1-2-10(3-1)11-4-6-12(7-5-11)14-8-13-9-15-13/h4-7,10,13H,1-3,8-9H2. The van der Waals surface area contributed by atoms with Crippen molar-refractivity contribution in [3.05, 3.63) is 29.8 Å². The van der Waals surface area contributed by atoms with Crippen molar-refractivity contribution in [2.24, 2.45) is 0 Å². The lowest BCUT2D eigenvalue weighted by Crippen LogP contribution is -2.08. The molecule has 2 fully saturated rings. The summed E-state index contributed by atoms with van der Waals surface area (Å²) >= 11 is 0. The Morgan fingerprint density at radius 2 is 1.93 bits per heavy atom. The van der Waals surface area contributed by atoms with Crippen molar-refractivity contribution in [2.75, 3.05) is 13.2 Å². The van der Waals surface area contributed by atoms with Gasteiger partial charge in [-0.05, 0) is 36.5 Å². The highest BCUT2D eigenvalue weighted by molar-refractivity contribution is 5.30. The molecule has 1 aromatic rings. The summed E-state index contributed by atoms with van der Waals surface area (Å²) in [4.78, 5) is 0. The van der Waals surface area contributed by atoms with E-state index in [2.05, 4.69) is 24.3 Å². The summed E-state index contributed by atoms with van der Waals surface area (Å²) in [5.74, 6) is 1.78. The van der Waals surface area contributed by atoms with Gasteiger partial charge in [0.25, 0.3) is 0 Å². The predicted octanol–water partition coefficient (Wildman–Crippen LogP) is 2.73. The summed E-state index contributed by atoms with van der Waals surface area (Å²) in [6.45, 7) is 1.56. The first-order valence-corrected chi connectivity index (χ1v) is 5.76. The fourth-order valence-electron chi connectivity index (χ4n) is 1.93. The van der Waals surface area contributed by atoms with Crippen LogP contribution in [0.2, 0.25) is 0 Å². The third kappa shape index (κ3) is 2.15. The van der Waals surface area contributed by atoms with Crippen LogP contribution in [0.5, 0.6) is 5.75 Å². The smallest absolute Gasteiger partial charge is 0.119 e. The topological polar surface area (TPSA) is 21.8 Å². The minimum absolute atomic E-state index is 0.344. The van der Waals surface area contributed by atoms with Crippen molar-refractivity contribution in [1.29, 1.82) is 0 Å². The minimum atomic E-state index is 0.344. The van der Waals surface area contributed by atoms with Crippen LogP contribution in [-0.4, -0.2) is 19.3 Å². The molecule has 1 aliphatic carbocycles. The van der Waals surface area contributed by atoms with Crippen LogP contribution in [0.25, 0.3) is 0 Å². The third-order valence-electron chi connectivity index (χ3n) is 3.29. The van der Waals surface area contributed by atoms with Gasteiger partial charge in [-0.2, -0.15) is 0 Å². The highest BCUT2D eigenvalue weighted by atomic mass is 16.6. The molecule has 15 heavy (non-hydrogen) atoms. The van der Waals surface area contributed by atoms with Crippen molar-refractivity contribution in [3.8, 4) is 5.75 Å². The minimum Gasteiger partial charge on any atom is -0.491 e. The maximum Gasteiger partial charge on any atom is 0.119 e. The van der Waals surface area contributed by atoms with Crippen molar-refractivity contribution in [1.82, 2.24) is 0 Å². The SMILES string of the molecule is c1cc(C2CCC2)ccc1OCC1CO1. The Balaban J connectivity index is 1.59. The van der Waals surface area contributed by atoms with Gasteiger partial charge in [-0.25, -0.2) is 0 Å². The molecule has 2 nitrogen and oxygen atoms in total. The molecule has 3 rings (SSSR count). The van der Waals surface area contributed by atoms with E-state index in [0.717, 1.165) is 18.3 Å². The van der Waals surface area contributed by atoms with Gasteiger partial charge < -0.3 is 9.47 Å². The van der Waals surface area contributed by atoms with Crippen LogP contribution in [-0.2, 0) is 4.74 Å². The molecular formula is C13H16O2. The van der Waals surface area contributed by atoms with Crippen molar-refractivity contribution < 1.29 is 9.47 Å². The van der Waals surface area contributed by atoms with Crippen LogP contribution in [0.3, 0.4) is 0 Å². The normalized spacial score (nSPS) is 24.7. The largest absolute Gasteiger partial charge is 0.491 e. The highest BCUT2D eigenvalue weighted by Crippen LogP contribution is 2.36. The van der Waals surface area contributed by atoms with Crippen LogP contribution in [0, 0.1) is 0 Å². The summed E-state index contributed by atoms with van der Waals surface area (Å²) in [5.41, 5.74) is 1.47. The van der Waals surface area contributed by atoms with Gasteiger partial charge in [0.05, 0.1) is 6.61 Å². The second-order valence-electron chi connectivity index (χ2n) is 4.46. The highest BCUT2D eigenvalue weighted by Gasteiger charge is 2.23. The molecule has 2 heteroatoms. The molecule has 1 aromatic carbocycles. The molecule has 0 N–H and O–H groups in total. The van der Waals surface area contributed by atoms with Crippen molar-refractivity contribution >= 4 is 0 Å². The maximum absolute atomic E-state index is 5.59. The second-order valence-corrected chi connectivity index (χ2v) is 4.46. The molecule has 0 spiro atoms. The molecule has 1 saturated heterocycles. The lowest BCUT2D eigenvalue weighted by Gasteiger charge is -2.25. The van der Waals surface area contributed by atoms with E-state index in [1.165, 1.54) is 24.8 Å². The lowest BCUT2D eigenvalue weighted by atomic mass is 9.80. The van der Waals surface area contributed by atoms with Gasteiger partial charge in [-0.15, -0.1) is 0 Å². The van der Waals surface area contributed by atoms with E-state index in [1.807, 2.05) is 0 Å².